The van der Waals surface area contributed by atoms with Crippen LogP contribution in [0.3, 0.4) is 0 Å². The maximum absolute atomic E-state index is 13.2. The number of hydrogen-bond acceptors (Lipinski definition) is 2. The zero-order valence-corrected chi connectivity index (χ0v) is 15.9. The summed E-state index contributed by atoms with van der Waals surface area (Å²) in [6, 6.07) is 22.8. The number of H-pyrrole nitrogens is 2. The number of nitrogens with one attached hydrogen (secondary N) is 3. The van der Waals surface area contributed by atoms with E-state index in [0.29, 0.717) is 11.3 Å². The second-order valence-electron chi connectivity index (χ2n) is 6.90. The Morgan fingerprint density at radius 1 is 1.03 bits per heavy atom. The topological polar surface area (TPSA) is 86.9 Å². The maximum Gasteiger partial charge on any atom is 0.300 e. The smallest absolute Gasteiger partial charge is 0.300 e. The number of aromatic amines is 2. The van der Waals surface area contributed by atoms with Crippen LogP contribution in [0.2, 0.25) is 0 Å². The highest BCUT2D eigenvalue weighted by Crippen LogP contribution is 2.23. The zero-order valence-electron chi connectivity index (χ0n) is 15.9. The van der Waals surface area contributed by atoms with Crippen molar-refractivity contribution in [1.29, 1.82) is 5.26 Å². The molecule has 0 bridgehead atoms. The Morgan fingerprint density at radius 3 is 2.73 bits per heavy atom. The maximum atomic E-state index is 13.2. The lowest BCUT2D eigenvalue weighted by molar-refractivity contribution is -0.498. The van der Waals surface area contributed by atoms with Gasteiger partial charge in [-0.25, -0.2) is 9.97 Å². The van der Waals surface area contributed by atoms with Crippen molar-refractivity contribution in [1.82, 2.24) is 4.98 Å². The highest BCUT2D eigenvalue weighted by atomic mass is 16.1. The van der Waals surface area contributed by atoms with E-state index in [-0.39, 0.29) is 5.91 Å². The Hall–Kier alpha value is -4.50. The quantitative estimate of drug-likeness (QED) is 0.461. The molecule has 6 nitrogen and oxygen atoms in total. The molecular weight excluding hydrogens is 374 g/mol. The van der Waals surface area contributed by atoms with Gasteiger partial charge in [-0.2, -0.15) is 9.66 Å². The van der Waals surface area contributed by atoms with Crippen LogP contribution in [0.1, 0.15) is 16.1 Å². The molecule has 0 spiro atoms. The van der Waals surface area contributed by atoms with Crippen LogP contribution in [0.4, 0.5) is 5.69 Å². The lowest BCUT2D eigenvalue weighted by Gasteiger charge is -2.05. The average molecular weight is 391 g/mol. The molecule has 3 heterocycles. The van der Waals surface area contributed by atoms with E-state index in [1.165, 1.54) is 0 Å². The molecule has 0 fully saturated rings. The fraction of sp³-hybridized carbons (Fsp3) is 0. The molecule has 0 aliphatic carbocycles. The predicted octanol–water partition coefficient (Wildman–Crippen LogP) is 3.51. The first-order valence-electron chi connectivity index (χ1n) is 9.48. The van der Waals surface area contributed by atoms with Crippen molar-refractivity contribution in [3.8, 4) is 17.5 Å². The minimum atomic E-state index is -0.223. The standard InChI is InChI=1S/C24H15N5O/c25-14-16-7-9-17(10-8-16)23-28-22(21-6-1-2-13-29(21)23)24(30)27-20-5-3-4-18-15-26-12-11-19(18)20/h1-13,15H,(H,27,30)/p+2. The largest absolute Gasteiger partial charge is 0.318 e. The number of carbonyl (C=O) groups excluding carboxylic acids is 1. The minimum Gasteiger partial charge on any atom is -0.318 e. The molecule has 0 radical (unpaired) electrons. The van der Waals surface area contributed by atoms with Crippen molar-refractivity contribution in [2.75, 3.05) is 5.32 Å². The van der Waals surface area contributed by atoms with E-state index in [4.69, 9.17) is 5.26 Å². The van der Waals surface area contributed by atoms with Crippen LogP contribution in [0.25, 0.3) is 27.7 Å². The van der Waals surface area contributed by atoms with E-state index in [2.05, 4.69) is 21.4 Å². The molecule has 2 aromatic carbocycles. The van der Waals surface area contributed by atoms with Gasteiger partial charge in [0.05, 0.1) is 23.4 Å². The number of nitriles is 1. The van der Waals surface area contributed by atoms with E-state index in [1.807, 2.05) is 77.6 Å². The van der Waals surface area contributed by atoms with Crippen LogP contribution in [-0.4, -0.2) is 10.9 Å². The van der Waals surface area contributed by atoms with Gasteiger partial charge in [-0.1, -0.05) is 12.1 Å². The monoisotopic (exact) mass is 391 g/mol. The van der Waals surface area contributed by atoms with Gasteiger partial charge < -0.3 is 5.32 Å². The van der Waals surface area contributed by atoms with Crippen molar-refractivity contribution in [2.45, 2.75) is 0 Å². The minimum absolute atomic E-state index is 0.223. The summed E-state index contributed by atoms with van der Waals surface area (Å²) in [6.45, 7) is 0. The number of aromatic nitrogens is 3. The van der Waals surface area contributed by atoms with E-state index >= 15 is 0 Å². The number of hydrogen-bond donors (Lipinski definition) is 2. The molecule has 0 aliphatic heterocycles. The number of nitrogens with zero attached hydrogens (tertiary/aromatic N) is 2. The molecule has 5 aromatic rings. The molecule has 3 N–H and O–H groups in total. The van der Waals surface area contributed by atoms with Gasteiger partial charge in [0.2, 0.25) is 5.69 Å². The molecule has 5 rings (SSSR count). The van der Waals surface area contributed by atoms with Crippen LogP contribution >= 0.6 is 0 Å². The Bertz CT molecular complexity index is 1440. The molecular formula is C24H17N5O+2. The predicted molar refractivity (Wildman–Crippen MR) is 113 cm³/mol. The fourth-order valence-electron chi connectivity index (χ4n) is 3.63. The summed E-state index contributed by atoms with van der Waals surface area (Å²) in [6.07, 6.45) is 5.64. The summed E-state index contributed by atoms with van der Waals surface area (Å²) < 4.78 is 1.94. The molecule has 30 heavy (non-hydrogen) atoms. The molecule has 3 aromatic heterocycles. The van der Waals surface area contributed by atoms with Gasteiger partial charge in [-0.15, -0.1) is 0 Å². The van der Waals surface area contributed by atoms with Crippen LogP contribution < -0.4 is 14.7 Å². The Kier molecular flexibility index (Phi) is 4.19. The second kappa shape index (κ2) is 7.15. The Labute approximate surface area is 172 Å². The van der Waals surface area contributed by atoms with Crippen molar-refractivity contribution in [3.05, 3.63) is 96.6 Å². The fourth-order valence-corrected chi connectivity index (χ4v) is 3.63. The van der Waals surface area contributed by atoms with E-state index in [9.17, 15) is 4.79 Å². The number of rotatable bonds is 3. The van der Waals surface area contributed by atoms with Gasteiger partial charge in [0, 0.05) is 22.5 Å². The summed E-state index contributed by atoms with van der Waals surface area (Å²) in [5.41, 5.74) is 3.45. The van der Waals surface area contributed by atoms with Crippen LogP contribution in [-0.2, 0) is 0 Å². The number of fused-ring (bicyclic) bond motifs is 2. The molecule has 0 saturated carbocycles. The number of pyridine rings is 2. The van der Waals surface area contributed by atoms with E-state index in [1.54, 1.807) is 12.1 Å². The number of benzene rings is 2. The number of amides is 1. The van der Waals surface area contributed by atoms with E-state index in [0.717, 1.165) is 33.4 Å². The van der Waals surface area contributed by atoms with Crippen molar-refractivity contribution in [3.63, 3.8) is 0 Å². The third-order valence-electron chi connectivity index (χ3n) is 5.09. The van der Waals surface area contributed by atoms with Gasteiger partial charge in [-0.05, 0) is 48.5 Å². The highest BCUT2D eigenvalue weighted by Gasteiger charge is 2.25. The first-order valence-corrected chi connectivity index (χ1v) is 9.48. The van der Waals surface area contributed by atoms with Crippen molar-refractivity contribution < 1.29 is 14.2 Å². The molecule has 0 aliphatic rings. The van der Waals surface area contributed by atoms with Crippen molar-refractivity contribution in [2.24, 2.45) is 0 Å². The normalized spacial score (nSPS) is 10.8. The summed E-state index contributed by atoms with van der Waals surface area (Å²) in [7, 11) is 0. The summed E-state index contributed by atoms with van der Waals surface area (Å²) in [5.74, 6) is 0.548. The number of anilines is 1. The zero-order chi connectivity index (χ0) is 20.5. The summed E-state index contributed by atoms with van der Waals surface area (Å²) >= 11 is 0. The van der Waals surface area contributed by atoms with E-state index < -0.39 is 0 Å². The Morgan fingerprint density at radius 2 is 1.90 bits per heavy atom. The molecule has 1 amide bonds. The third-order valence-corrected chi connectivity index (χ3v) is 5.09. The van der Waals surface area contributed by atoms with Gasteiger partial charge in [0.1, 0.15) is 0 Å². The SMILES string of the molecule is N#Cc1ccc(-c2[nH]c(C(=O)Nc3cccc4c[nH+]ccc34)c3cccc[n+]23)cc1. The van der Waals surface area contributed by atoms with Crippen LogP contribution in [0.15, 0.2) is 85.3 Å². The molecule has 0 saturated heterocycles. The van der Waals surface area contributed by atoms with Crippen LogP contribution in [0.5, 0.6) is 0 Å². The van der Waals surface area contributed by atoms with Gasteiger partial charge >= 0.3 is 0 Å². The first kappa shape index (κ1) is 17.6. The number of carbonyl (C=O) groups is 1. The first-order chi connectivity index (χ1) is 14.7. The lowest BCUT2D eigenvalue weighted by Crippen LogP contribution is -2.22. The van der Waals surface area contributed by atoms with Gasteiger partial charge in [0.25, 0.3) is 11.7 Å². The summed E-state index contributed by atoms with van der Waals surface area (Å²) in [5, 5.41) is 14.1. The number of imidazole rings is 1. The van der Waals surface area contributed by atoms with Crippen molar-refractivity contribution >= 4 is 27.9 Å². The Balaban J connectivity index is 1.59. The van der Waals surface area contributed by atoms with Gasteiger partial charge in [-0.3, -0.25) is 4.79 Å². The second-order valence-corrected chi connectivity index (χ2v) is 6.90. The molecule has 0 atom stereocenters. The molecule has 6 heteroatoms. The van der Waals surface area contributed by atoms with Crippen LogP contribution in [0, 0.1) is 11.3 Å². The highest BCUT2D eigenvalue weighted by molar-refractivity contribution is 6.10. The summed E-state index contributed by atoms with van der Waals surface area (Å²) in [4.78, 5) is 19.5. The molecule has 142 valence electrons. The third kappa shape index (κ3) is 2.95. The molecule has 0 unspecified atom stereocenters. The van der Waals surface area contributed by atoms with Gasteiger partial charge in [0.15, 0.2) is 17.9 Å². The average Bonchev–Trinajstić information content (AvgIpc) is 3.19. The lowest BCUT2D eigenvalue weighted by atomic mass is 10.1.